The Hall–Kier alpha value is -2.44. The standard InChI is InChI=1S/C21H23N3O2S/c1-24-14-21(22-15-24)27(25,26)23-13-17-7-8-18-9-10-19(20(18)12-17)11-16-5-3-2-4-6-16/h2-8,12,14-15,19,23H,9-11,13H2,1H3. The quantitative estimate of drug-likeness (QED) is 0.713. The number of aromatic nitrogens is 2. The minimum atomic E-state index is -3.60. The van der Waals surface area contributed by atoms with Gasteiger partial charge in [-0.05, 0) is 47.4 Å². The molecule has 0 saturated carbocycles. The van der Waals surface area contributed by atoms with Crippen LogP contribution in [0.1, 0.15) is 34.6 Å². The highest BCUT2D eigenvalue weighted by Gasteiger charge is 2.23. The molecule has 0 saturated heterocycles. The van der Waals surface area contributed by atoms with Crippen LogP contribution in [0.25, 0.3) is 0 Å². The van der Waals surface area contributed by atoms with Crippen molar-refractivity contribution >= 4 is 10.0 Å². The maximum Gasteiger partial charge on any atom is 0.259 e. The summed E-state index contributed by atoms with van der Waals surface area (Å²) in [6, 6.07) is 16.9. The first-order valence-electron chi connectivity index (χ1n) is 9.14. The number of nitrogens with zero attached hydrogens (tertiary/aromatic N) is 2. The van der Waals surface area contributed by atoms with Crippen molar-refractivity contribution in [1.29, 1.82) is 0 Å². The van der Waals surface area contributed by atoms with Crippen LogP contribution in [0, 0.1) is 0 Å². The monoisotopic (exact) mass is 381 g/mol. The van der Waals surface area contributed by atoms with Crippen LogP contribution in [0.3, 0.4) is 0 Å². The van der Waals surface area contributed by atoms with Crippen molar-refractivity contribution in [1.82, 2.24) is 14.3 Å². The SMILES string of the molecule is Cn1cnc(S(=O)(=O)NCc2ccc3c(c2)C(Cc2ccccc2)CC3)c1. The number of aryl methyl sites for hydroxylation is 2. The zero-order valence-corrected chi connectivity index (χ0v) is 16.1. The molecule has 0 amide bonds. The van der Waals surface area contributed by atoms with E-state index < -0.39 is 10.0 Å². The molecule has 2 aromatic carbocycles. The molecular weight excluding hydrogens is 358 g/mol. The number of imidazole rings is 1. The zero-order valence-electron chi connectivity index (χ0n) is 15.3. The van der Waals surface area contributed by atoms with Gasteiger partial charge in [0.05, 0.1) is 6.33 Å². The highest BCUT2D eigenvalue weighted by molar-refractivity contribution is 7.89. The van der Waals surface area contributed by atoms with Crippen LogP contribution in [-0.4, -0.2) is 18.0 Å². The molecule has 1 aliphatic rings. The highest BCUT2D eigenvalue weighted by Crippen LogP contribution is 2.36. The molecule has 1 N–H and O–H groups in total. The molecule has 0 fully saturated rings. The first-order valence-corrected chi connectivity index (χ1v) is 10.6. The molecule has 5 nitrogen and oxygen atoms in total. The van der Waals surface area contributed by atoms with Gasteiger partial charge < -0.3 is 4.57 Å². The molecule has 0 bridgehead atoms. The van der Waals surface area contributed by atoms with Gasteiger partial charge in [0.25, 0.3) is 10.0 Å². The fourth-order valence-electron chi connectivity index (χ4n) is 3.74. The molecule has 1 aromatic heterocycles. The first-order chi connectivity index (χ1) is 13.0. The van der Waals surface area contributed by atoms with Crippen LogP contribution in [0.4, 0.5) is 0 Å². The van der Waals surface area contributed by atoms with Crippen molar-refractivity contribution in [2.45, 2.75) is 36.8 Å². The van der Waals surface area contributed by atoms with Crippen molar-refractivity contribution in [3.8, 4) is 0 Å². The minimum absolute atomic E-state index is 0.0492. The fourth-order valence-corrected chi connectivity index (χ4v) is 4.73. The predicted octanol–water partition coefficient (Wildman–Crippen LogP) is 3.17. The smallest absolute Gasteiger partial charge is 0.259 e. The Kier molecular flexibility index (Phi) is 4.85. The van der Waals surface area contributed by atoms with Gasteiger partial charge in [0.15, 0.2) is 5.03 Å². The molecule has 6 heteroatoms. The van der Waals surface area contributed by atoms with E-state index in [1.807, 2.05) is 12.1 Å². The molecule has 140 valence electrons. The Morgan fingerprint density at radius 3 is 2.70 bits per heavy atom. The Bertz CT molecular complexity index is 1040. The normalized spacial score (nSPS) is 16.4. The summed E-state index contributed by atoms with van der Waals surface area (Å²) < 4.78 is 29.0. The van der Waals surface area contributed by atoms with Gasteiger partial charge in [0.1, 0.15) is 0 Å². The topological polar surface area (TPSA) is 64.0 Å². The largest absolute Gasteiger partial charge is 0.339 e. The summed E-state index contributed by atoms with van der Waals surface area (Å²) in [5.41, 5.74) is 5.06. The number of hydrogen-bond acceptors (Lipinski definition) is 3. The molecule has 1 aliphatic carbocycles. The van der Waals surface area contributed by atoms with Crippen LogP contribution in [0.5, 0.6) is 0 Å². The van der Waals surface area contributed by atoms with Crippen molar-refractivity contribution in [3.05, 3.63) is 83.3 Å². The molecule has 0 spiro atoms. The summed E-state index contributed by atoms with van der Waals surface area (Å²) in [5.74, 6) is 0.495. The van der Waals surface area contributed by atoms with Crippen molar-refractivity contribution in [3.63, 3.8) is 0 Å². The summed E-state index contributed by atoms with van der Waals surface area (Å²) in [6.07, 6.45) is 6.25. The summed E-state index contributed by atoms with van der Waals surface area (Å²) >= 11 is 0. The third kappa shape index (κ3) is 3.96. The van der Waals surface area contributed by atoms with Crippen LogP contribution in [0.15, 0.2) is 66.1 Å². The van der Waals surface area contributed by atoms with Crippen LogP contribution in [-0.2, 0) is 36.5 Å². The molecule has 3 aromatic rings. The minimum Gasteiger partial charge on any atom is -0.339 e. The lowest BCUT2D eigenvalue weighted by molar-refractivity contribution is 0.578. The summed E-state index contributed by atoms with van der Waals surface area (Å²) in [5, 5.41) is 0.0492. The summed E-state index contributed by atoms with van der Waals surface area (Å²) in [7, 11) is -1.85. The Balaban J connectivity index is 1.49. The van der Waals surface area contributed by atoms with Crippen LogP contribution in [0.2, 0.25) is 0 Å². The molecule has 27 heavy (non-hydrogen) atoms. The maximum absolute atomic E-state index is 12.4. The van der Waals surface area contributed by atoms with Gasteiger partial charge in [-0.3, -0.25) is 0 Å². The number of nitrogens with one attached hydrogen (secondary N) is 1. The molecule has 1 heterocycles. The Morgan fingerprint density at radius 2 is 1.96 bits per heavy atom. The average Bonchev–Trinajstić information content (AvgIpc) is 3.28. The van der Waals surface area contributed by atoms with E-state index >= 15 is 0 Å². The molecule has 4 rings (SSSR count). The average molecular weight is 382 g/mol. The second-order valence-corrected chi connectivity index (χ2v) is 8.87. The van der Waals surface area contributed by atoms with E-state index in [1.165, 1.54) is 29.2 Å². The summed E-state index contributed by atoms with van der Waals surface area (Å²) in [4.78, 5) is 3.93. The molecule has 1 atom stereocenters. The van der Waals surface area contributed by atoms with Crippen molar-refractivity contribution < 1.29 is 8.42 Å². The lowest BCUT2D eigenvalue weighted by Crippen LogP contribution is -2.23. The van der Waals surface area contributed by atoms with E-state index in [1.54, 1.807) is 11.6 Å². The van der Waals surface area contributed by atoms with Gasteiger partial charge in [-0.25, -0.2) is 18.1 Å². The van der Waals surface area contributed by atoms with E-state index in [0.29, 0.717) is 5.92 Å². The number of benzene rings is 2. The Morgan fingerprint density at radius 1 is 1.15 bits per heavy atom. The van der Waals surface area contributed by atoms with Gasteiger partial charge >= 0.3 is 0 Å². The van der Waals surface area contributed by atoms with Gasteiger partial charge in [-0.15, -0.1) is 0 Å². The van der Waals surface area contributed by atoms with E-state index in [4.69, 9.17) is 0 Å². The van der Waals surface area contributed by atoms with Crippen LogP contribution >= 0.6 is 0 Å². The number of hydrogen-bond donors (Lipinski definition) is 1. The van der Waals surface area contributed by atoms with Crippen molar-refractivity contribution in [2.24, 2.45) is 7.05 Å². The number of sulfonamides is 1. The fraction of sp³-hybridized carbons (Fsp3) is 0.286. The van der Waals surface area contributed by atoms with Crippen LogP contribution < -0.4 is 4.72 Å². The van der Waals surface area contributed by atoms with Gasteiger partial charge in [0, 0.05) is 19.8 Å². The highest BCUT2D eigenvalue weighted by atomic mass is 32.2. The number of fused-ring (bicyclic) bond motifs is 1. The first kappa shape index (κ1) is 17.9. The van der Waals surface area contributed by atoms with E-state index in [2.05, 4.69) is 46.1 Å². The predicted molar refractivity (Wildman–Crippen MR) is 105 cm³/mol. The molecular formula is C21H23N3O2S. The van der Waals surface area contributed by atoms with E-state index in [-0.39, 0.29) is 11.6 Å². The number of rotatable bonds is 6. The molecule has 0 aliphatic heterocycles. The zero-order chi connectivity index (χ0) is 18.9. The second-order valence-electron chi connectivity index (χ2n) is 7.16. The molecule has 0 radical (unpaired) electrons. The maximum atomic E-state index is 12.4. The lowest BCUT2D eigenvalue weighted by Gasteiger charge is -2.13. The second kappa shape index (κ2) is 7.29. The van der Waals surface area contributed by atoms with Gasteiger partial charge in [0.2, 0.25) is 0 Å². The lowest BCUT2D eigenvalue weighted by atomic mass is 9.92. The van der Waals surface area contributed by atoms with Crippen molar-refractivity contribution in [2.75, 3.05) is 0 Å². The molecule has 1 unspecified atom stereocenters. The third-order valence-corrected chi connectivity index (χ3v) is 6.45. The summed E-state index contributed by atoms with van der Waals surface area (Å²) in [6.45, 7) is 0.268. The third-order valence-electron chi connectivity index (χ3n) is 5.16. The Labute approximate surface area is 160 Å². The van der Waals surface area contributed by atoms with E-state index in [9.17, 15) is 8.42 Å². The van der Waals surface area contributed by atoms with Gasteiger partial charge in [-0.2, -0.15) is 0 Å². The van der Waals surface area contributed by atoms with E-state index in [0.717, 1.165) is 24.8 Å². The van der Waals surface area contributed by atoms with Gasteiger partial charge in [-0.1, -0.05) is 48.5 Å².